The fourth-order valence-electron chi connectivity index (χ4n) is 2.21. The number of hydrazine groups is 1. The minimum absolute atomic E-state index is 0.0434. The normalized spacial score (nSPS) is 10.3. The number of amides is 1. The first-order valence-electron chi connectivity index (χ1n) is 6.30. The number of nitrogens with one attached hydrogen (secondary N) is 1. The predicted molar refractivity (Wildman–Crippen MR) is 76.1 cm³/mol. The van der Waals surface area contributed by atoms with Crippen molar-refractivity contribution in [1.29, 1.82) is 0 Å². The van der Waals surface area contributed by atoms with Crippen LogP contribution in [0.5, 0.6) is 0 Å². The topological polar surface area (TPSA) is 77.1 Å². The van der Waals surface area contributed by atoms with Crippen LogP contribution in [0.2, 0.25) is 0 Å². The van der Waals surface area contributed by atoms with Crippen LogP contribution >= 0.6 is 0 Å². The van der Waals surface area contributed by atoms with Gasteiger partial charge in [0, 0.05) is 22.5 Å². The van der Waals surface area contributed by atoms with E-state index in [0.717, 1.165) is 11.4 Å². The maximum Gasteiger partial charge on any atom is 0.253 e. The molecule has 0 aliphatic carbocycles. The molecule has 1 aromatic carbocycles. The van der Waals surface area contributed by atoms with Crippen molar-refractivity contribution in [3.8, 4) is 0 Å². The Bertz CT molecular complexity index is 645. The number of aromatic nitrogens is 1. The molecule has 0 fully saturated rings. The lowest BCUT2D eigenvalue weighted by atomic mass is 10.0. The number of carbonyl (C=O) groups is 2. The van der Waals surface area contributed by atoms with Gasteiger partial charge in [0.1, 0.15) is 6.54 Å². The van der Waals surface area contributed by atoms with Gasteiger partial charge in [-0.1, -0.05) is 30.3 Å². The molecule has 20 heavy (non-hydrogen) atoms. The summed E-state index contributed by atoms with van der Waals surface area (Å²) in [7, 11) is 0. The Balaban J connectivity index is 2.37. The average molecular weight is 271 g/mol. The molecule has 0 unspecified atom stereocenters. The van der Waals surface area contributed by atoms with Gasteiger partial charge in [0.25, 0.3) is 5.91 Å². The summed E-state index contributed by atoms with van der Waals surface area (Å²) in [4.78, 5) is 23.8. The second-order valence-electron chi connectivity index (χ2n) is 4.63. The minimum Gasteiger partial charge on any atom is -0.339 e. The summed E-state index contributed by atoms with van der Waals surface area (Å²) >= 11 is 0. The fraction of sp³-hybridized carbons (Fsp3) is 0.200. The average Bonchev–Trinajstić information content (AvgIpc) is 2.75. The number of hydrogen-bond acceptors (Lipinski definition) is 3. The highest BCUT2D eigenvalue weighted by Gasteiger charge is 2.18. The van der Waals surface area contributed by atoms with Crippen molar-refractivity contribution >= 4 is 11.7 Å². The summed E-state index contributed by atoms with van der Waals surface area (Å²) in [6.45, 7) is 3.79. The van der Waals surface area contributed by atoms with Crippen LogP contribution in [-0.4, -0.2) is 16.3 Å². The molecule has 0 aliphatic rings. The molecule has 2 rings (SSSR count). The molecular weight excluding hydrogens is 254 g/mol. The quantitative estimate of drug-likeness (QED) is 0.381. The van der Waals surface area contributed by atoms with E-state index in [-0.39, 0.29) is 18.2 Å². The van der Waals surface area contributed by atoms with Gasteiger partial charge < -0.3 is 4.57 Å². The molecule has 2 aromatic rings. The van der Waals surface area contributed by atoms with Gasteiger partial charge >= 0.3 is 0 Å². The molecule has 5 nitrogen and oxygen atoms in total. The monoisotopic (exact) mass is 271 g/mol. The van der Waals surface area contributed by atoms with Crippen LogP contribution in [0.25, 0.3) is 0 Å². The predicted octanol–water partition coefficient (Wildman–Crippen LogP) is 1.33. The van der Waals surface area contributed by atoms with Gasteiger partial charge in [0.05, 0.1) is 0 Å². The number of nitrogens with two attached hydrogens (primary N) is 1. The van der Waals surface area contributed by atoms with Crippen LogP contribution in [0.1, 0.15) is 27.3 Å². The minimum atomic E-state index is -0.300. The molecule has 5 heteroatoms. The molecule has 3 N–H and O–H groups in total. The van der Waals surface area contributed by atoms with Crippen LogP contribution in [-0.2, 0) is 11.3 Å². The number of benzene rings is 1. The maximum absolute atomic E-state index is 12.4. The molecule has 0 radical (unpaired) electrons. The number of hydrogen-bond donors (Lipinski definition) is 2. The van der Waals surface area contributed by atoms with Crippen molar-refractivity contribution in [3.05, 3.63) is 58.9 Å². The number of nitrogens with zero attached hydrogens (tertiary/aromatic N) is 1. The molecular formula is C15H17N3O2. The van der Waals surface area contributed by atoms with E-state index >= 15 is 0 Å². The number of rotatable bonds is 4. The second kappa shape index (κ2) is 5.71. The molecule has 1 aromatic heterocycles. The Morgan fingerprint density at radius 2 is 1.85 bits per heavy atom. The van der Waals surface area contributed by atoms with Crippen LogP contribution in [0.15, 0.2) is 36.4 Å². The molecule has 1 heterocycles. The van der Waals surface area contributed by atoms with Crippen LogP contribution in [0, 0.1) is 13.8 Å². The summed E-state index contributed by atoms with van der Waals surface area (Å²) in [6, 6.07) is 10.9. The summed E-state index contributed by atoms with van der Waals surface area (Å²) in [5, 5.41) is 0. The van der Waals surface area contributed by atoms with Gasteiger partial charge in [-0.25, -0.2) is 5.84 Å². The Labute approximate surface area is 117 Å². The number of carbonyl (C=O) groups excluding carboxylic acids is 2. The van der Waals surface area contributed by atoms with E-state index in [1.54, 1.807) is 22.8 Å². The molecule has 1 amide bonds. The lowest BCUT2D eigenvalue weighted by Crippen LogP contribution is -2.33. The van der Waals surface area contributed by atoms with Gasteiger partial charge in [-0.15, -0.1) is 0 Å². The van der Waals surface area contributed by atoms with E-state index < -0.39 is 0 Å². The third kappa shape index (κ3) is 2.62. The van der Waals surface area contributed by atoms with Crippen molar-refractivity contribution in [1.82, 2.24) is 9.99 Å². The van der Waals surface area contributed by atoms with Crippen molar-refractivity contribution in [2.45, 2.75) is 20.4 Å². The van der Waals surface area contributed by atoms with Crippen molar-refractivity contribution in [3.63, 3.8) is 0 Å². The van der Waals surface area contributed by atoms with Gasteiger partial charge in [-0.05, 0) is 19.9 Å². The third-order valence-corrected chi connectivity index (χ3v) is 3.32. The molecule has 0 saturated carbocycles. The molecule has 0 atom stereocenters. The molecule has 0 saturated heterocycles. The van der Waals surface area contributed by atoms with Crippen LogP contribution in [0.4, 0.5) is 0 Å². The zero-order chi connectivity index (χ0) is 14.7. The SMILES string of the molecule is Cc1cc(C(=O)c2ccccc2)c(C)n1CC(=O)NN. The Morgan fingerprint density at radius 3 is 2.45 bits per heavy atom. The molecule has 104 valence electrons. The van der Waals surface area contributed by atoms with E-state index in [9.17, 15) is 9.59 Å². The van der Waals surface area contributed by atoms with Crippen molar-refractivity contribution in [2.24, 2.45) is 5.84 Å². The van der Waals surface area contributed by atoms with Gasteiger partial charge in [0.2, 0.25) is 0 Å². The van der Waals surface area contributed by atoms with E-state index in [2.05, 4.69) is 5.43 Å². The molecule has 0 aliphatic heterocycles. The number of ketones is 1. The lowest BCUT2D eigenvalue weighted by Gasteiger charge is -2.08. The maximum atomic E-state index is 12.4. The Kier molecular flexibility index (Phi) is 4.00. The zero-order valence-corrected chi connectivity index (χ0v) is 11.5. The fourth-order valence-corrected chi connectivity index (χ4v) is 2.21. The highest BCUT2D eigenvalue weighted by Crippen LogP contribution is 2.18. The van der Waals surface area contributed by atoms with E-state index in [0.29, 0.717) is 11.1 Å². The van der Waals surface area contributed by atoms with Gasteiger partial charge in [0.15, 0.2) is 5.78 Å². The summed E-state index contributed by atoms with van der Waals surface area (Å²) < 4.78 is 1.78. The van der Waals surface area contributed by atoms with E-state index in [1.165, 1.54) is 0 Å². The molecule has 0 bridgehead atoms. The van der Waals surface area contributed by atoms with Gasteiger partial charge in [-0.3, -0.25) is 15.0 Å². The Morgan fingerprint density at radius 1 is 1.20 bits per heavy atom. The van der Waals surface area contributed by atoms with E-state index in [1.807, 2.05) is 32.0 Å². The van der Waals surface area contributed by atoms with Gasteiger partial charge in [-0.2, -0.15) is 0 Å². The molecule has 0 spiro atoms. The van der Waals surface area contributed by atoms with E-state index in [4.69, 9.17) is 5.84 Å². The standard InChI is InChI=1S/C15H17N3O2/c1-10-8-13(11(2)18(10)9-14(19)17-16)15(20)12-6-4-3-5-7-12/h3-8H,9,16H2,1-2H3,(H,17,19). The van der Waals surface area contributed by atoms with Crippen LogP contribution in [0.3, 0.4) is 0 Å². The summed E-state index contributed by atoms with van der Waals surface area (Å²) in [5.41, 5.74) is 4.95. The second-order valence-corrected chi connectivity index (χ2v) is 4.63. The highest BCUT2D eigenvalue weighted by atomic mass is 16.2. The number of aryl methyl sites for hydroxylation is 1. The van der Waals surface area contributed by atoms with Crippen LogP contribution < -0.4 is 11.3 Å². The first kappa shape index (κ1) is 14.0. The third-order valence-electron chi connectivity index (χ3n) is 3.32. The first-order chi connectivity index (χ1) is 9.54. The first-order valence-corrected chi connectivity index (χ1v) is 6.30. The van der Waals surface area contributed by atoms with Crippen molar-refractivity contribution in [2.75, 3.05) is 0 Å². The largest absolute Gasteiger partial charge is 0.339 e. The smallest absolute Gasteiger partial charge is 0.253 e. The highest BCUT2D eigenvalue weighted by molar-refractivity contribution is 6.09. The summed E-state index contributed by atoms with van der Waals surface area (Å²) in [5.74, 6) is 4.75. The Hall–Kier alpha value is -2.40. The summed E-state index contributed by atoms with van der Waals surface area (Å²) in [6.07, 6.45) is 0. The lowest BCUT2D eigenvalue weighted by molar-refractivity contribution is -0.121. The van der Waals surface area contributed by atoms with Crippen molar-refractivity contribution < 1.29 is 9.59 Å². The zero-order valence-electron chi connectivity index (χ0n) is 11.5.